The molecule has 5 heteroatoms. The van der Waals surface area contributed by atoms with Gasteiger partial charge in [-0.3, -0.25) is 9.59 Å². The number of carbonyl (C=O) groups is 2. The molecule has 5 nitrogen and oxygen atoms in total. The topological polar surface area (TPSA) is 72.8 Å². The fourth-order valence-electron chi connectivity index (χ4n) is 7.19. The highest BCUT2D eigenvalue weighted by molar-refractivity contribution is 5.70. The minimum atomic E-state index is -0.794. The third-order valence-electron chi connectivity index (χ3n) is 11.2. The summed E-state index contributed by atoms with van der Waals surface area (Å²) >= 11 is 0. The number of unbranched alkanes of at least 4 members (excludes halogenated alkanes) is 20. The zero-order valence-corrected chi connectivity index (χ0v) is 42.7. The van der Waals surface area contributed by atoms with Crippen LogP contribution in [0, 0.1) is 0 Å². The Morgan fingerprint density at radius 3 is 0.985 bits per heavy atom. The summed E-state index contributed by atoms with van der Waals surface area (Å²) in [6.07, 6.45) is 81.5. The van der Waals surface area contributed by atoms with E-state index in [0.717, 1.165) is 116 Å². The van der Waals surface area contributed by atoms with Gasteiger partial charge in [-0.05, 0) is 109 Å². The molecule has 0 aliphatic heterocycles. The molecule has 374 valence electrons. The molecule has 0 aliphatic rings. The first kappa shape index (κ1) is 62.3. The molecule has 0 aromatic carbocycles. The van der Waals surface area contributed by atoms with Crippen molar-refractivity contribution in [3.63, 3.8) is 0 Å². The zero-order valence-electron chi connectivity index (χ0n) is 42.7. The number of allylic oxidation sites excluding steroid dienone is 20. The van der Waals surface area contributed by atoms with Crippen LogP contribution in [0.2, 0.25) is 0 Å². The maximum absolute atomic E-state index is 12.3. The number of ether oxygens (including phenoxy) is 2. The van der Waals surface area contributed by atoms with E-state index in [-0.39, 0.29) is 25.2 Å². The molecule has 0 radical (unpaired) electrons. The molecule has 0 aromatic rings. The van der Waals surface area contributed by atoms with Gasteiger partial charge in [-0.25, -0.2) is 0 Å². The Morgan fingerprint density at radius 2 is 0.652 bits per heavy atom. The predicted octanol–water partition coefficient (Wildman–Crippen LogP) is 18.3. The van der Waals surface area contributed by atoms with Crippen molar-refractivity contribution in [2.75, 3.05) is 13.2 Å². The molecule has 0 spiro atoms. The normalized spacial score (nSPS) is 13.2. The molecular formula is C61H100O5. The van der Waals surface area contributed by atoms with E-state index in [1.165, 1.54) is 89.9 Å². The third-order valence-corrected chi connectivity index (χ3v) is 11.2. The van der Waals surface area contributed by atoms with E-state index in [2.05, 4.69) is 135 Å². The van der Waals surface area contributed by atoms with Crippen molar-refractivity contribution in [3.8, 4) is 0 Å². The lowest BCUT2D eigenvalue weighted by Gasteiger charge is -2.15. The van der Waals surface area contributed by atoms with Crippen LogP contribution in [0.4, 0.5) is 0 Å². The monoisotopic (exact) mass is 913 g/mol. The van der Waals surface area contributed by atoms with Crippen LogP contribution >= 0.6 is 0 Å². The van der Waals surface area contributed by atoms with Gasteiger partial charge in [-0.15, -0.1) is 0 Å². The maximum atomic E-state index is 12.3. The van der Waals surface area contributed by atoms with Crippen molar-refractivity contribution >= 4 is 11.9 Å². The highest BCUT2D eigenvalue weighted by Crippen LogP contribution is 2.14. The summed E-state index contributed by atoms with van der Waals surface area (Å²) in [5, 5.41) is 9.64. The molecule has 66 heavy (non-hydrogen) atoms. The summed E-state index contributed by atoms with van der Waals surface area (Å²) in [5.41, 5.74) is 0. The Kier molecular flexibility index (Phi) is 52.5. The summed E-state index contributed by atoms with van der Waals surface area (Å²) in [6.45, 7) is 4.00. The number of rotatable bonds is 48. The molecule has 0 saturated carbocycles. The van der Waals surface area contributed by atoms with Gasteiger partial charge in [0.15, 0.2) is 6.10 Å². The van der Waals surface area contributed by atoms with E-state index in [4.69, 9.17) is 9.47 Å². The van der Waals surface area contributed by atoms with Gasteiger partial charge in [0, 0.05) is 12.8 Å². The first-order chi connectivity index (χ1) is 32.6. The van der Waals surface area contributed by atoms with Crippen LogP contribution in [0.5, 0.6) is 0 Å². The highest BCUT2D eigenvalue weighted by Gasteiger charge is 2.16. The fraction of sp³-hybridized carbons (Fsp3) is 0.639. The second kappa shape index (κ2) is 55.6. The van der Waals surface area contributed by atoms with Crippen LogP contribution in [0.3, 0.4) is 0 Å². The summed E-state index contributed by atoms with van der Waals surface area (Å²) in [5.74, 6) is -0.623. The standard InChI is InChI=1S/C61H100O5/c1-3-5-7-9-11-13-15-17-19-21-23-25-27-29-30-32-34-36-38-40-42-44-46-48-50-52-54-56-61(64)66-59(57-62)58-65-60(63)55-53-51-49-47-45-43-41-39-37-35-33-31-28-26-24-22-20-18-16-14-12-10-8-6-4-2/h5,7,11,13,16-19,22-25,28-31,34,36,40,42,59,62H,3-4,6,8-10,12,14-15,20-21,26-27,32-33,35,37-39,41,43-58H2,1-2H3/b7-5-,13-11-,18-16-,19-17-,24-22-,25-23-,30-29-,31-28-,36-34-,42-40-. The number of carbonyl (C=O) groups excluding carboxylic acids is 2. The average molecular weight is 913 g/mol. The maximum Gasteiger partial charge on any atom is 0.306 e. The number of hydrogen-bond donors (Lipinski definition) is 1. The number of aliphatic hydroxyl groups excluding tert-OH is 1. The molecule has 1 atom stereocenters. The van der Waals surface area contributed by atoms with Crippen molar-refractivity contribution in [1.82, 2.24) is 0 Å². The van der Waals surface area contributed by atoms with E-state index in [1.807, 2.05) is 0 Å². The number of hydrogen-bond acceptors (Lipinski definition) is 5. The smallest absolute Gasteiger partial charge is 0.306 e. The Hall–Kier alpha value is -3.70. The molecule has 0 bridgehead atoms. The number of aliphatic hydroxyl groups is 1. The quantitative estimate of drug-likeness (QED) is 0.0374. The Balaban J connectivity index is 3.61. The molecule has 0 amide bonds. The molecule has 0 heterocycles. The van der Waals surface area contributed by atoms with Crippen molar-refractivity contribution in [1.29, 1.82) is 0 Å². The van der Waals surface area contributed by atoms with E-state index in [0.29, 0.717) is 12.8 Å². The second-order valence-electron chi connectivity index (χ2n) is 17.6. The zero-order chi connectivity index (χ0) is 47.7. The van der Waals surface area contributed by atoms with E-state index < -0.39 is 6.10 Å². The molecule has 0 fully saturated rings. The molecule has 1 N–H and O–H groups in total. The summed E-state index contributed by atoms with van der Waals surface area (Å²) in [6, 6.07) is 0. The first-order valence-corrected chi connectivity index (χ1v) is 27.1. The van der Waals surface area contributed by atoms with Crippen LogP contribution in [-0.4, -0.2) is 36.4 Å². The van der Waals surface area contributed by atoms with Crippen molar-refractivity contribution in [2.24, 2.45) is 0 Å². The van der Waals surface area contributed by atoms with Gasteiger partial charge in [0.1, 0.15) is 6.61 Å². The van der Waals surface area contributed by atoms with Gasteiger partial charge < -0.3 is 14.6 Å². The number of esters is 2. The predicted molar refractivity (Wildman–Crippen MR) is 288 cm³/mol. The van der Waals surface area contributed by atoms with Crippen LogP contribution in [0.1, 0.15) is 232 Å². The average Bonchev–Trinajstić information content (AvgIpc) is 3.32. The SMILES string of the molecule is CC/C=C\C/C=C\C/C=C\C/C=C\C/C=C\C/C=C\C/C=C\CCCCCCCC(=O)OC(CO)COC(=O)CCCCCCCCCCCC/C=C\C/C=C\C/C=C\CCCCCCC. The second-order valence-corrected chi connectivity index (χ2v) is 17.6. The lowest BCUT2D eigenvalue weighted by Crippen LogP contribution is -2.28. The van der Waals surface area contributed by atoms with E-state index in [9.17, 15) is 14.7 Å². The Labute approximate surface area is 407 Å². The lowest BCUT2D eigenvalue weighted by molar-refractivity contribution is -0.161. The first-order valence-electron chi connectivity index (χ1n) is 27.1. The molecule has 0 saturated heterocycles. The molecule has 1 unspecified atom stereocenters. The summed E-state index contributed by atoms with van der Waals surface area (Å²) < 4.78 is 10.7. The van der Waals surface area contributed by atoms with Crippen LogP contribution in [0.15, 0.2) is 122 Å². The van der Waals surface area contributed by atoms with Gasteiger partial charge in [0.2, 0.25) is 0 Å². The summed E-state index contributed by atoms with van der Waals surface area (Å²) in [7, 11) is 0. The highest BCUT2D eigenvalue weighted by atomic mass is 16.6. The minimum Gasteiger partial charge on any atom is -0.462 e. The van der Waals surface area contributed by atoms with Crippen LogP contribution in [0.25, 0.3) is 0 Å². The van der Waals surface area contributed by atoms with Gasteiger partial charge in [0.05, 0.1) is 6.61 Å². The van der Waals surface area contributed by atoms with Crippen LogP contribution < -0.4 is 0 Å². The van der Waals surface area contributed by atoms with Crippen molar-refractivity contribution < 1.29 is 24.2 Å². The van der Waals surface area contributed by atoms with Crippen LogP contribution in [-0.2, 0) is 19.1 Å². The van der Waals surface area contributed by atoms with Gasteiger partial charge in [-0.1, -0.05) is 232 Å². The van der Waals surface area contributed by atoms with Crippen molar-refractivity contribution in [3.05, 3.63) is 122 Å². The minimum absolute atomic E-state index is 0.0836. The Morgan fingerprint density at radius 1 is 0.364 bits per heavy atom. The van der Waals surface area contributed by atoms with Crippen molar-refractivity contribution in [2.45, 2.75) is 238 Å². The summed E-state index contributed by atoms with van der Waals surface area (Å²) in [4.78, 5) is 24.5. The molecule has 0 aliphatic carbocycles. The van der Waals surface area contributed by atoms with E-state index >= 15 is 0 Å². The van der Waals surface area contributed by atoms with Gasteiger partial charge in [0.25, 0.3) is 0 Å². The lowest BCUT2D eigenvalue weighted by atomic mass is 10.1. The largest absolute Gasteiger partial charge is 0.462 e. The van der Waals surface area contributed by atoms with Gasteiger partial charge >= 0.3 is 11.9 Å². The Bertz CT molecular complexity index is 1350. The molecule has 0 aromatic heterocycles. The fourth-order valence-corrected chi connectivity index (χ4v) is 7.19. The molecule has 0 rings (SSSR count). The van der Waals surface area contributed by atoms with E-state index in [1.54, 1.807) is 0 Å². The molecular weight excluding hydrogens is 813 g/mol. The van der Waals surface area contributed by atoms with Gasteiger partial charge in [-0.2, -0.15) is 0 Å². The third kappa shape index (κ3) is 52.9.